The van der Waals surface area contributed by atoms with E-state index in [1.165, 1.54) is 6.92 Å². The summed E-state index contributed by atoms with van der Waals surface area (Å²) in [6.07, 6.45) is 0. The third-order valence-corrected chi connectivity index (χ3v) is 7.00. The fourth-order valence-corrected chi connectivity index (χ4v) is 5.21. The highest BCUT2D eigenvalue weighted by molar-refractivity contribution is 7.13. The van der Waals surface area contributed by atoms with Gasteiger partial charge in [0, 0.05) is 48.4 Å². The van der Waals surface area contributed by atoms with Crippen LogP contribution in [-0.2, 0) is 14.3 Å². The van der Waals surface area contributed by atoms with E-state index in [0.717, 1.165) is 65.9 Å². The molecule has 3 aromatic rings. The van der Waals surface area contributed by atoms with Gasteiger partial charge in [0.25, 0.3) is 0 Å². The molecular weight excluding hydrogens is 450 g/mol. The zero-order valence-electron chi connectivity index (χ0n) is 19.0. The summed E-state index contributed by atoms with van der Waals surface area (Å²) in [6, 6.07) is 15.6. The Morgan fingerprint density at radius 1 is 1.21 bits per heavy atom. The predicted molar refractivity (Wildman–Crippen MR) is 134 cm³/mol. The summed E-state index contributed by atoms with van der Waals surface area (Å²) >= 11 is 1.65. The summed E-state index contributed by atoms with van der Waals surface area (Å²) in [4.78, 5) is 27.8. The van der Waals surface area contributed by atoms with Crippen molar-refractivity contribution in [1.29, 1.82) is 0 Å². The molecule has 0 radical (unpaired) electrons. The number of rotatable bonds is 7. The Morgan fingerprint density at radius 2 is 2.06 bits per heavy atom. The normalized spacial score (nSPS) is 17.8. The second-order valence-corrected chi connectivity index (χ2v) is 9.39. The first-order valence-electron chi connectivity index (χ1n) is 11.4. The summed E-state index contributed by atoms with van der Waals surface area (Å²) in [7, 11) is 0. The van der Waals surface area contributed by atoms with E-state index in [4.69, 9.17) is 9.47 Å². The number of fused-ring (bicyclic) bond motifs is 1. The number of hydrogen-bond acceptors (Lipinski definition) is 6. The monoisotopic (exact) mass is 477 g/mol. The minimum atomic E-state index is -0.414. The van der Waals surface area contributed by atoms with Crippen molar-refractivity contribution in [3.63, 3.8) is 0 Å². The Morgan fingerprint density at radius 3 is 2.82 bits per heavy atom. The van der Waals surface area contributed by atoms with Crippen LogP contribution >= 0.6 is 11.3 Å². The lowest BCUT2D eigenvalue weighted by atomic mass is 9.91. The van der Waals surface area contributed by atoms with E-state index in [9.17, 15) is 9.59 Å². The van der Waals surface area contributed by atoms with Gasteiger partial charge in [-0.2, -0.15) is 0 Å². The maximum absolute atomic E-state index is 13.0. The number of benzene rings is 2. The van der Waals surface area contributed by atoms with Crippen molar-refractivity contribution in [1.82, 2.24) is 4.90 Å². The molecule has 2 aliphatic rings. The van der Waals surface area contributed by atoms with Crippen LogP contribution in [-0.4, -0.2) is 56.2 Å². The van der Waals surface area contributed by atoms with Gasteiger partial charge in [0.15, 0.2) is 0 Å². The Kier molecular flexibility index (Phi) is 6.62. The van der Waals surface area contributed by atoms with Gasteiger partial charge in [-0.25, -0.2) is 0 Å². The van der Waals surface area contributed by atoms with Gasteiger partial charge in [0.1, 0.15) is 12.4 Å². The standard InChI is InChI=1S/C26H27N3O4S/c1-17(30)27-19-5-6-20-22(16-19)28-26(31)25(20)18-4-7-23(21(15-18)24-3-2-14-34-24)33-13-10-29-8-11-32-12-9-29/h2-7,14-16,25H,8-13H2,1H3,(H,27,30)(H,28,31). The van der Waals surface area contributed by atoms with E-state index in [0.29, 0.717) is 12.3 Å². The van der Waals surface area contributed by atoms with E-state index in [-0.39, 0.29) is 11.8 Å². The van der Waals surface area contributed by atoms with Gasteiger partial charge in [-0.1, -0.05) is 18.2 Å². The van der Waals surface area contributed by atoms with Gasteiger partial charge < -0.3 is 20.1 Å². The Hall–Kier alpha value is -3.20. The zero-order chi connectivity index (χ0) is 23.5. The lowest BCUT2D eigenvalue weighted by Crippen LogP contribution is -2.38. The van der Waals surface area contributed by atoms with Gasteiger partial charge in [0.05, 0.1) is 19.1 Å². The number of amides is 2. The van der Waals surface area contributed by atoms with Crippen LogP contribution in [0.5, 0.6) is 5.75 Å². The molecule has 5 rings (SSSR count). The highest BCUT2D eigenvalue weighted by Crippen LogP contribution is 2.42. The predicted octanol–water partition coefficient (Wildman–Crippen LogP) is 4.17. The first kappa shape index (κ1) is 22.6. The molecule has 1 fully saturated rings. The summed E-state index contributed by atoms with van der Waals surface area (Å²) in [5.74, 6) is 0.181. The molecule has 3 heterocycles. The van der Waals surface area contributed by atoms with Gasteiger partial charge in [-0.05, 0) is 46.8 Å². The molecule has 2 N–H and O–H groups in total. The van der Waals surface area contributed by atoms with E-state index in [2.05, 4.69) is 27.7 Å². The number of carbonyl (C=O) groups excluding carboxylic acids is 2. The quantitative estimate of drug-likeness (QED) is 0.534. The maximum Gasteiger partial charge on any atom is 0.236 e. The summed E-state index contributed by atoms with van der Waals surface area (Å²) in [6.45, 7) is 6.31. The fraction of sp³-hybridized carbons (Fsp3) is 0.308. The second kappa shape index (κ2) is 9.97. The maximum atomic E-state index is 13.0. The van der Waals surface area contributed by atoms with E-state index < -0.39 is 5.92 Å². The second-order valence-electron chi connectivity index (χ2n) is 8.44. The molecule has 2 amide bonds. The molecule has 7 nitrogen and oxygen atoms in total. The molecule has 34 heavy (non-hydrogen) atoms. The molecule has 2 aliphatic heterocycles. The van der Waals surface area contributed by atoms with Crippen molar-refractivity contribution in [2.75, 3.05) is 50.1 Å². The summed E-state index contributed by atoms with van der Waals surface area (Å²) in [5.41, 5.74) is 4.19. The minimum absolute atomic E-state index is 0.0758. The highest BCUT2D eigenvalue weighted by Gasteiger charge is 2.32. The molecule has 0 spiro atoms. The van der Waals surface area contributed by atoms with Crippen molar-refractivity contribution >= 4 is 34.5 Å². The smallest absolute Gasteiger partial charge is 0.236 e. The Labute approximate surface area is 202 Å². The Balaban J connectivity index is 1.40. The number of hydrogen-bond donors (Lipinski definition) is 2. The van der Waals surface area contributed by atoms with E-state index in [1.807, 2.05) is 35.7 Å². The minimum Gasteiger partial charge on any atom is -0.492 e. The van der Waals surface area contributed by atoms with Crippen molar-refractivity contribution in [3.05, 3.63) is 65.0 Å². The van der Waals surface area contributed by atoms with Crippen LogP contribution in [0.15, 0.2) is 53.9 Å². The number of thiophene rings is 1. The molecule has 8 heteroatoms. The molecule has 1 atom stereocenters. The molecule has 0 saturated carbocycles. The topological polar surface area (TPSA) is 79.9 Å². The molecule has 1 unspecified atom stereocenters. The van der Waals surface area contributed by atoms with Crippen molar-refractivity contribution < 1.29 is 19.1 Å². The molecule has 1 saturated heterocycles. The molecule has 0 aliphatic carbocycles. The molecule has 0 bridgehead atoms. The molecule has 1 aromatic heterocycles. The SMILES string of the molecule is CC(=O)Nc1ccc2c(c1)NC(=O)C2c1ccc(OCCN2CCOCC2)c(-c2cccs2)c1. The fourth-order valence-electron chi connectivity index (χ4n) is 4.46. The van der Waals surface area contributed by atoms with Crippen LogP contribution in [0.2, 0.25) is 0 Å². The third kappa shape index (κ3) is 4.84. The third-order valence-electron chi connectivity index (χ3n) is 6.10. The summed E-state index contributed by atoms with van der Waals surface area (Å²) in [5, 5.41) is 7.77. The van der Waals surface area contributed by atoms with Gasteiger partial charge >= 0.3 is 0 Å². The van der Waals surface area contributed by atoms with Crippen LogP contribution in [0.1, 0.15) is 24.0 Å². The zero-order valence-corrected chi connectivity index (χ0v) is 19.8. The first-order valence-corrected chi connectivity index (χ1v) is 12.3. The number of morpholine rings is 1. The molecular formula is C26H27N3O4S. The Bertz CT molecular complexity index is 1190. The average molecular weight is 478 g/mol. The van der Waals surface area contributed by atoms with Crippen LogP contribution in [0.25, 0.3) is 10.4 Å². The highest BCUT2D eigenvalue weighted by atomic mass is 32.1. The van der Waals surface area contributed by atoms with Crippen LogP contribution in [0.4, 0.5) is 11.4 Å². The number of nitrogens with one attached hydrogen (secondary N) is 2. The van der Waals surface area contributed by atoms with Crippen LogP contribution < -0.4 is 15.4 Å². The number of anilines is 2. The van der Waals surface area contributed by atoms with Crippen molar-refractivity contribution in [2.24, 2.45) is 0 Å². The lowest BCUT2D eigenvalue weighted by molar-refractivity contribution is -0.116. The van der Waals surface area contributed by atoms with Crippen molar-refractivity contribution in [3.8, 4) is 16.2 Å². The number of carbonyl (C=O) groups is 2. The van der Waals surface area contributed by atoms with Crippen molar-refractivity contribution in [2.45, 2.75) is 12.8 Å². The first-order chi connectivity index (χ1) is 16.6. The lowest BCUT2D eigenvalue weighted by Gasteiger charge is -2.26. The van der Waals surface area contributed by atoms with Gasteiger partial charge in [-0.3, -0.25) is 14.5 Å². The largest absolute Gasteiger partial charge is 0.492 e. The number of ether oxygens (including phenoxy) is 2. The van der Waals surface area contributed by atoms with Gasteiger partial charge in [0.2, 0.25) is 11.8 Å². The van der Waals surface area contributed by atoms with Gasteiger partial charge in [-0.15, -0.1) is 11.3 Å². The number of nitrogens with zero attached hydrogens (tertiary/aromatic N) is 1. The van der Waals surface area contributed by atoms with Crippen LogP contribution in [0.3, 0.4) is 0 Å². The average Bonchev–Trinajstić information content (AvgIpc) is 3.47. The molecule has 2 aromatic carbocycles. The molecule has 176 valence electrons. The van der Waals surface area contributed by atoms with E-state index in [1.54, 1.807) is 17.4 Å². The van der Waals surface area contributed by atoms with E-state index >= 15 is 0 Å². The summed E-state index contributed by atoms with van der Waals surface area (Å²) < 4.78 is 11.6. The van der Waals surface area contributed by atoms with Crippen LogP contribution in [0, 0.1) is 0 Å².